The number of rotatable bonds is 4. The second kappa shape index (κ2) is 5.41. The van der Waals surface area contributed by atoms with Crippen LogP contribution in [0, 0.1) is 0 Å². The Morgan fingerprint density at radius 3 is 2.86 bits per heavy atom. The Balaban J connectivity index is 1.58. The van der Waals surface area contributed by atoms with E-state index in [1.54, 1.807) is 13.0 Å². The predicted molar refractivity (Wildman–Crippen MR) is 72.0 cm³/mol. The van der Waals surface area contributed by atoms with Crippen LogP contribution in [0.1, 0.15) is 19.8 Å². The van der Waals surface area contributed by atoms with Gasteiger partial charge in [0.15, 0.2) is 0 Å². The molecule has 0 aromatic heterocycles. The van der Waals surface area contributed by atoms with Gasteiger partial charge in [-0.1, -0.05) is 6.08 Å². The summed E-state index contributed by atoms with van der Waals surface area (Å²) in [5.74, 6) is -1.09. The lowest BCUT2D eigenvalue weighted by Crippen LogP contribution is -2.52. The van der Waals surface area contributed by atoms with Crippen molar-refractivity contribution in [2.45, 2.75) is 37.9 Å². The minimum absolute atomic E-state index is 0.0450. The zero-order valence-electron chi connectivity index (χ0n) is 11.9. The molecule has 3 N–H and O–H groups in total. The molecule has 3 aliphatic rings. The fraction of sp³-hybridized carbons (Fsp3) is 0.538. The van der Waals surface area contributed by atoms with E-state index in [1.165, 1.54) is 0 Å². The molecule has 0 aliphatic carbocycles. The smallest absolute Gasteiger partial charge is 0.326 e. The molecule has 3 heterocycles. The molecule has 2 fully saturated rings. The van der Waals surface area contributed by atoms with Crippen LogP contribution in [0.15, 0.2) is 11.6 Å². The van der Waals surface area contributed by atoms with E-state index in [1.807, 2.05) is 0 Å². The van der Waals surface area contributed by atoms with Crippen LogP contribution in [0.5, 0.6) is 0 Å². The predicted octanol–water partition coefficient (Wildman–Crippen LogP) is -1.44. The van der Waals surface area contributed by atoms with Crippen molar-refractivity contribution >= 4 is 23.8 Å². The van der Waals surface area contributed by atoms with Gasteiger partial charge in [-0.25, -0.2) is 15.2 Å². The normalized spacial score (nSPS) is 30.0. The summed E-state index contributed by atoms with van der Waals surface area (Å²) < 4.78 is 0. The molecule has 0 saturated carbocycles. The highest BCUT2D eigenvalue weighted by atomic mass is 16.7. The Labute approximate surface area is 126 Å². The fourth-order valence-corrected chi connectivity index (χ4v) is 2.82. The Morgan fingerprint density at radius 1 is 1.41 bits per heavy atom. The summed E-state index contributed by atoms with van der Waals surface area (Å²) in [4.78, 5) is 52.9. The van der Waals surface area contributed by atoms with Crippen molar-refractivity contribution in [3.63, 3.8) is 0 Å². The summed E-state index contributed by atoms with van der Waals surface area (Å²) in [5.41, 5.74) is 2.84. The van der Waals surface area contributed by atoms with Crippen LogP contribution in [-0.4, -0.2) is 53.4 Å². The van der Waals surface area contributed by atoms with Gasteiger partial charge in [-0.3, -0.25) is 19.2 Å². The van der Waals surface area contributed by atoms with Crippen LogP contribution in [0.25, 0.3) is 0 Å². The van der Waals surface area contributed by atoms with Gasteiger partial charge in [-0.05, 0) is 18.9 Å². The van der Waals surface area contributed by atoms with Crippen LogP contribution in [-0.2, 0) is 19.2 Å². The molecule has 0 spiro atoms. The molecule has 3 atom stereocenters. The average molecular weight is 308 g/mol. The van der Waals surface area contributed by atoms with Crippen molar-refractivity contribution < 1.29 is 24.0 Å². The highest BCUT2D eigenvalue weighted by molar-refractivity contribution is 6.10. The van der Waals surface area contributed by atoms with Crippen molar-refractivity contribution in [1.82, 2.24) is 21.0 Å². The molecule has 2 unspecified atom stereocenters. The zero-order chi connectivity index (χ0) is 15.9. The van der Waals surface area contributed by atoms with Crippen molar-refractivity contribution in [2.75, 3.05) is 6.61 Å². The van der Waals surface area contributed by atoms with E-state index in [0.29, 0.717) is 18.4 Å². The number of fused-ring (bicyclic) bond motifs is 2. The maximum atomic E-state index is 12.2. The number of hydrogen-bond acceptors (Lipinski definition) is 5. The van der Waals surface area contributed by atoms with Crippen molar-refractivity contribution in [1.29, 1.82) is 0 Å². The van der Waals surface area contributed by atoms with E-state index in [0.717, 1.165) is 4.90 Å². The summed E-state index contributed by atoms with van der Waals surface area (Å²) in [5, 5.41) is 5.18. The lowest BCUT2D eigenvalue weighted by molar-refractivity contribution is -0.142. The maximum absolute atomic E-state index is 12.2. The van der Waals surface area contributed by atoms with Gasteiger partial charge in [0.1, 0.15) is 12.1 Å². The lowest BCUT2D eigenvalue weighted by Gasteiger charge is -2.27. The van der Waals surface area contributed by atoms with Crippen molar-refractivity contribution in [3.8, 4) is 0 Å². The van der Waals surface area contributed by atoms with Crippen LogP contribution < -0.4 is 16.1 Å². The number of urea groups is 1. The van der Waals surface area contributed by atoms with Gasteiger partial charge in [0, 0.05) is 6.42 Å². The Bertz CT molecular complexity index is 587. The van der Waals surface area contributed by atoms with E-state index in [9.17, 15) is 19.2 Å². The molecule has 9 nitrogen and oxygen atoms in total. The Morgan fingerprint density at radius 2 is 2.18 bits per heavy atom. The topological polar surface area (TPSA) is 117 Å². The minimum atomic E-state index is -1.01. The molecule has 2 bridgehead atoms. The van der Waals surface area contributed by atoms with Gasteiger partial charge in [0.05, 0.1) is 12.6 Å². The van der Waals surface area contributed by atoms with Crippen molar-refractivity contribution in [3.05, 3.63) is 11.6 Å². The molecule has 5 amide bonds. The summed E-state index contributed by atoms with van der Waals surface area (Å²) >= 11 is 0. The number of carbonyl (C=O) groups is 4. The molecular weight excluding hydrogens is 292 g/mol. The Kier molecular flexibility index (Phi) is 3.57. The third kappa shape index (κ3) is 2.43. The van der Waals surface area contributed by atoms with Crippen LogP contribution in [0.3, 0.4) is 0 Å². The molecule has 118 valence electrons. The lowest BCUT2D eigenvalue weighted by atomic mass is 10.00. The van der Waals surface area contributed by atoms with Gasteiger partial charge in [-0.15, -0.1) is 0 Å². The van der Waals surface area contributed by atoms with E-state index in [-0.39, 0.29) is 18.6 Å². The highest BCUT2D eigenvalue weighted by Crippen LogP contribution is 2.24. The van der Waals surface area contributed by atoms with Crippen LogP contribution >= 0.6 is 0 Å². The van der Waals surface area contributed by atoms with E-state index in [2.05, 4.69) is 16.1 Å². The van der Waals surface area contributed by atoms with E-state index >= 15 is 0 Å². The maximum Gasteiger partial charge on any atom is 0.326 e. The Hall–Kier alpha value is -2.42. The molecule has 3 aliphatic heterocycles. The van der Waals surface area contributed by atoms with Gasteiger partial charge in [-0.2, -0.15) is 0 Å². The molecule has 3 rings (SSSR count). The van der Waals surface area contributed by atoms with Gasteiger partial charge in [0.25, 0.3) is 11.8 Å². The number of carbonyl (C=O) groups excluding carboxylic acids is 4. The largest absolute Gasteiger partial charge is 0.351 e. The number of imide groups is 1. The molecule has 0 aromatic carbocycles. The quantitative estimate of drug-likeness (QED) is 0.334. The number of hydrogen-bond donors (Lipinski definition) is 3. The molecule has 0 aromatic rings. The fourth-order valence-electron chi connectivity index (χ4n) is 2.82. The molecule has 9 heteroatoms. The third-order valence-corrected chi connectivity index (χ3v) is 3.91. The average Bonchev–Trinajstić information content (AvgIpc) is 2.93. The summed E-state index contributed by atoms with van der Waals surface area (Å²) in [6, 6.07) is -2.43. The first kappa shape index (κ1) is 14.5. The van der Waals surface area contributed by atoms with Crippen molar-refractivity contribution in [2.24, 2.45) is 0 Å². The molecule has 0 radical (unpaired) electrons. The second-order valence-electron chi connectivity index (χ2n) is 5.53. The first-order valence-electron chi connectivity index (χ1n) is 7.00. The summed E-state index contributed by atoms with van der Waals surface area (Å²) in [6.45, 7) is 1.81. The number of hydroxylamine groups is 1. The van der Waals surface area contributed by atoms with Gasteiger partial charge >= 0.3 is 6.03 Å². The highest BCUT2D eigenvalue weighted by Gasteiger charge is 2.48. The monoisotopic (exact) mass is 308 g/mol. The van der Waals surface area contributed by atoms with Crippen LogP contribution in [0.2, 0.25) is 0 Å². The van der Waals surface area contributed by atoms with Gasteiger partial charge in [0.2, 0.25) is 5.91 Å². The van der Waals surface area contributed by atoms with E-state index < -0.39 is 29.9 Å². The first-order chi connectivity index (χ1) is 10.5. The van der Waals surface area contributed by atoms with E-state index in [4.69, 9.17) is 4.84 Å². The summed E-state index contributed by atoms with van der Waals surface area (Å²) in [6.07, 6.45) is 2.65. The first-order valence-corrected chi connectivity index (χ1v) is 7.00. The molecule has 22 heavy (non-hydrogen) atoms. The number of nitrogens with one attached hydrogen (secondary N) is 3. The summed E-state index contributed by atoms with van der Waals surface area (Å²) in [7, 11) is 0. The SMILES string of the molecule is CC1=CC2NC(=O)N(C2=O)C1C(=O)NOC[C@@H]1CCC(=O)N1. The molecule has 2 saturated heterocycles. The second-order valence-corrected chi connectivity index (χ2v) is 5.53. The number of amides is 5. The standard InChI is InChI=1S/C13H16N4O5/c1-6-4-8-12(20)17(13(21)15-8)10(6)11(19)16-22-5-7-2-3-9(18)14-7/h4,7-8,10H,2-3,5H2,1H3,(H,14,18)(H,15,21)(H,16,19)/t7-,8?,10?/m0/s1. The zero-order valence-corrected chi connectivity index (χ0v) is 11.9. The minimum Gasteiger partial charge on any atom is -0.351 e. The third-order valence-electron chi connectivity index (χ3n) is 3.91. The van der Waals surface area contributed by atoms with Crippen LogP contribution in [0.4, 0.5) is 4.79 Å². The molecular formula is C13H16N4O5. The number of nitrogens with zero attached hydrogens (tertiary/aromatic N) is 1. The van der Waals surface area contributed by atoms with Gasteiger partial charge < -0.3 is 10.6 Å².